The quantitative estimate of drug-likeness (QED) is 0.781. The molecule has 1 N–H and O–H groups in total. The van der Waals surface area contributed by atoms with Gasteiger partial charge in [-0.05, 0) is 47.2 Å². The van der Waals surface area contributed by atoms with E-state index in [1.54, 1.807) is 25.1 Å². The van der Waals surface area contributed by atoms with E-state index in [0.29, 0.717) is 16.3 Å². The highest BCUT2D eigenvalue weighted by Crippen LogP contribution is 2.31. The van der Waals surface area contributed by atoms with Crippen LogP contribution in [-0.2, 0) is 0 Å². The molecule has 0 unspecified atom stereocenters. The lowest BCUT2D eigenvalue weighted by Crippen LogP contribution is -2.13. The molecule has 2 aromatic rings. The van der Waals surface area contributed by atoms with Crippen molar-refractivity contribution >= 4 is 34.2 Å². The molecule has 5 heteroatoms. The Balaban J connectivity index is 2.84. The zero-order valence-electron chi connectivity index (χ0n) is 9.42. The van der Waals surface area contributed by atoms with Gasteiger partial charge in [-0.3, -0.25) is 4.79 Å². The molecule has 0 atom stereocenters. The van der Waals surface area contributed by atoms with E-state index in [9.17, 15) is 4.79 Å². The Kier molecular flexibility index (Phi) is 3.73. The van der Waals surface area contributed by atoms with E-state index in [-0.39, 0.29) is 11.1 Å². The summed E-state index contributed by atoms with van der Waals surface area (Å²) in [6.45, 7) is 1.78. The minimum atomic E-state index is -0.372. The van der Waals surface area contributed by atoms with Crippen molar-refractivity contribution in [3.8, 4) is 17.2 Å². The third-order valence-corrected chi connectivity index (χ3v) is 4.32. The monoisotopic (exact) mass is 370 g/mol. The number of nitrogens with one attached hydrogen (secondary N) is 1. The maximum Gasteiger partial charge on any atom is 0.266 e. The van der Waals surface area contributed by atoms with Crippen molar-refractivity contribution in [2.24, 2.45) is 0 Å². The van der Waals surface area contributed by atoms with Crippen molar-refractivity contribution in [1.29, 1.82) is 5.26 Å². The number of halogens is 2. The van der Waals surface area contributed by atoms with Gasteiger partial charge >= 0.3 is 0 Å². The highest BCUT2D eigenvalue weighted by atomic mass is 127. The molecule has 0 aliphatic rings. The van der Waals surface area contributed by atoms with Gasteiger partial charge in [0.25, 0.3) is 5.56 Å². The summed E-state index contributed by atoms with van der Waals surface area (Å²) in [4.78, 5) is 14.4. The average molecular weight is 371 g/mol. The molecule has 0 aliphatic carbocycles. The highest BCUT2D eigenvalue weighted by molar-refractivity contribution is 14.1. The van der Waals surface area contributed by atoms with Gasteiger partial charge in [-0.15, -0.1) is 0 Å². The molecular weight excluding hydrogens is 363 g/mol. The van der Waals surface area contributed by atoms with Gasteiger partial charge in [0.05, 0.1) is 5.02 Å². The molecular formula is C13H8ClIN2O. The Hall–Kier alpha value is -1.32. The van der Waals surface area contributed by atoms with Gasteiger partial charge in [-0.2, -0.15) is 5.26 Å². The summed E-state index contributed by atoms with van der Waals surface area (Å²) in [7, 11) is 0. The maximum absolute atomic E-state index is 11.7. The highest BCUT2D eigenvalue weighted by Gasteiger charge is 2.13. The third kappa shape index (κ3) is 2.28. The molecule has 18 heavy (non-hydrogen) atoms. The third-order valence-electron chi connectivity index (χ3n) is 2.52. The van der Waals surface area contributed by atoms with E-state index in [4.69, 9.17) is 16.9 Å². The molecule has 0 spiro atoms. The molecule has 0 saturated carbocycles. The average Bonchev–Trinajstić information content (AvgIpc) is 2.32. The van der Waals surface area contributed by atoms with E-state index < -0.39 is 0 Å². The van der Waals surface area contributed by atoms with E-state index in [1.807, 2.05) is 12.1 Å². The van der Waals surface area contributed by atoms with Gasteiger partial charge < -0.3 is 4.98 Å². The number of rotatable bonds is 1. The second-order valence-electron chi connectivity index (χ2n) is 3.78. The second-order valence-corrected chi connectivity index (χ2v) is 5.27. The normalized spacial score (nSPS) is 10.1. The smallest absolute Gasteiger partial charge is 0.266 e. The standard InChI is InChI=1S/C13H8ClIN2O/c1-7-5-9(10(6-16)13(18)17-7)8-3-2-4-11(14)12(8)15/h2-5H,1H3,(H,17,18). The molecule has 1 aromatic carbocycles. The number of benzene rings is 1. The van der Waals surface area contributed by atoms with Crippen molar-refractivity contribution < 1.29 is 0 Å². The van der Waals surface area contributed by atoms with E-state index >= 15 is 0 Å². The van der Waals surface area contributed by atoms with Crippen molar-refractivity contribution in [2.75, 3.05) is 0 Å². The summed E-state index contributed by atoms with van der Waals surface area (Å²) in [5.41, 5.74) is 1.87. The van der Waals surface area contributed by atoms with Crippen LogP contribution in [0.25, 0.3) is 11.1 Å². The first-order valence-electron chi connectivity index (χ1n) is 5.13. The first-order valence-corrected chi connectivity index (χ1v) is 6.58. The summed E-state index contributed by atoms with van der Waals surface area (Å²) in [5, 5.41) is 9.71. The van der Waals surface area contributed by atoms with Gasteiger partial charge in [-0.1, -0.05) is 23.7 Å². The van der Waals surface area contributed by atoms with Crippen molar-refractivity contribution in [3.05, 3.63) is 54.5 Å². The summed E-state index contributed by atoms with van der Waals surface area (Å²) < 4.78 is 0.832. The molecule has 1 aromatic heterocycles. The predicted molar refractivity (Wildman–Crippen MR) is 79.7 cm³/mol. The molecule has 0 amide bonds. The minimum absolute atomic E-state index is 0.112. The molecule has 0 bridgehead atoms. The number of nitrogens with zero attached hydrogens (tertiary/aromatic N) is 1. The summed E-state index contributed by atoms with van der Waals surface area (Å²) in [5.74, 6) is 0. The van der Waals surface area contributed by atoms with Crippen LogP contribution in [0.3, 0.4) is 0 Å². The fraction of sp³-hybridized carbons (Fsp3) is 0.0769. The van der Waals surface area contributed by atoms with Gasteiger partial charge in [0.1, 0.15) is 11.6 Å². The first-order chi connectivity index (χ1) is 8.54. The second kappa shape index (κ2) is 5.12. The van der Waals surface area contributed by atoms with Gasteiger partial charge in [0.2, 0.25) is 0 Å². The van der Waals surface area contributed by atoms with Crippen LogP contribution in [-0.4, -0.2) is 4.98 Å². The number of aromatic nitrogens is 1. The number of H-pyrrole nitrogens is 1. The number of pyridine rings is 1. The molecule has 90 valence electrons. The number of aromatic amines is 1. The van der Waals surface area contributed by atoms with Gasteiger partial charge in [-0.25, -0.2) is 0 Å². The Morgan fingerprint density at radius 1 is 1.39 bits per heavy atom. The molecule has 0 fully saturated rings. The first kappa shape index (κ1) is 13.1. The fourth-order valence-corrected chi connectivity index (χ4v) is 2.55. The van der Waals surface area contributed by atoms with Gasteiger partial charge in [0, 0.05) is 14.8 Å². The SMILES string of the molecule is Cc1cc(-c2cccc(Cl)c2I)c(C#N)c(=O)[nH]1. The van der Waals surface area contributed by atoms with Crippen LogP contribution in [0.1, 0.15) is 11.3 Å². The van der Waals surface area contributed by atoms with Crippen LogP contribution in [0.5, 0.6) is 0 Å². The lowest BCUT2D eigenvalue weighted by molar-refractivity contribution is 1.13. The minimum Gasteiger partial charge on any atom is -0.325 e. The Morgan fingerprint density at radius 2 is 2.11 bits per heavy atom. The molecule has 0 radical (unpaired) electrons. The van der Waals surface area contributed by atoms with Crippen LogP contribution in [0.15, 0.2) is 29.1 Å². The molecule has 0 saturated heterocycles. The topological polar surface area (TPSA) is 56.6 Å². The summed E-state index contributed by atoms with van der Waals surface area (Å²) >= 11 is 8.17. The Bertz CT molecular complexity index is 716. The van der Waals surface area contributed by atoms with E-state index in [0.717, 1.165) is 9.13 Å². The molecule has 3 nitrogen and oxygen atoms in total. The number of hydrogen-bond acceptors (Lipinski definition) is 2. The van der Waals surface area contributed by atoms with Crippen LogP contribution in [0.4, 0.5) is 0 Å². The summed E-state index contributed by atoms with van der Waals surface area (Å²) in [6, 6.07) is 9.16. The Labute approximate surface area is 123 Å². The molecule has 2 rings (SSSR count). The number of aryl methyl sites for hydroxylation is 1. The van der Waals surface area contributed by atoms with Crippen LogP contribution >= 0.6 is 34.2 Å². The van der Waals surface area contributed by atoms with E-state index in [1.165, 1.54) is 0 Å². The molecule has 0 aliphatic heterocycles. The zero-order chi connectivity index (χ0) is 13.3. The molecule has 1 heterocycles. The predicted octanol–water partition coefficient (Wildman–Crippen LogP) is 3.48. The maximum atomic E-state index is 11.7. The van der Waals surface area contributed by atoms with Crippen LogP contribution < -0.4 is 5.56 Å². The van der Waals surface area contributed by atoms with Crippen LogP contribution in [0.2, 0.25) is 5.02 Å². The number of hydrogen-bond donors (Lipinski definition) is 1. The van der Waals surface area contributed by atoms with Crippen molar-refractivity contribution in [1.82, 2.24) is 4.98 Å². The fourth-order valence-electron chi connectivity index (χ4n) is 1.72. The van der Waals surface area contributed by atoms with Crippen molar-refractivity contribution in [3.63, 3.8) is 0 Å². The zero-order valence-corrected chi connectivity index (χ0v) is 12.3. The Morgan fingerprint density at radius 3 is 2.78 bits per heavy atom. The number of nitriles is 1. The van der Waals surface area contributed by atoms with Gasteiger partial charge in [0.15, 0.2) is 0 Å². The van der Waals surface area contributed by atoms with Crippen molar-refractivity contribution in [2.45, 2.75) is 6.92 Å². The summed E-state index contributed by atoms with van der Waals surface area (Å²) in [6.07, 6.45) is 0. The lowest BCUT2D eigenvalue weighted by Gasteiger charge is -2.08. The van der Waals surface area contributed by atoms with E-state index in [2.05, 4.69) is 27.6 Å². The largest absolute Gasteiger partial charge is 0.325 e. The van der Waals surface area contributed by atoms with Crippen LogP contribution in [0, 0.1) is 21.8 Å². The lowest BCUT2D eigenvalue weighted by atomic mass is 10.0.